The monoisotopic (exact) mass is 263 g/mol. The molecule has 0 bridgehead atoms. The zero-order valence-electron chi connectivity index (χ0n) is 11.7. The van der Waals surface area contributed by atoms with Crippen molar-refractivity contribution >= 4 is 11.6 Å². The van der Waals surface area contributed by atoms with Crippen LogP contribution >= 0.6 is 0 Å². The Labute approximate surface area is 115 Å². The van der Waals surface area contributed by atoms with E-state index in [4.69, 9.17) is 5.73 Å². The van der Waals surface area contributed by atoms with Gasteiger partial charge in [0.15, 0.2) is 0 Å². The maximum atomic E-state index is 5.71. The standard InChI is InChI=1S/C14H25N5/c1-11(15)8-16-13-7-14(19-10-18-13)17-9-12-5-3-2-4-6-12/h7,10-12H,2-6,8-9,15H2,1H3,(H2,16,17,18,19). The molecule has 19 heavy (non-hydrogen) atoms. The number of anilines is 2. The van der Waals surface area contributed by atoms with Crippen LogP contribution in [0.15, 0.2) is 12.4 Å². The molecule has 1 unspecified atom stereocenters. The minimum atomic E-state index is 0.119. The Kier molecular flexibility index (Phi) is 5.39. The molecule has 0 saturated heterocycles. The van der Waals surface area contributed by atoms with Crippen molar-refractivity contribution in [2.75, 3.05) is 23.7 Å². The van der Waals surface area contributed by atoms with Crippen LogP contribution in [-0.2, 0) is 0 Å². The lowest BCUT2D eigenvalue weighted by atomic mass is 9.89. The van der Waals surface area contributed by atoms with Gasteiger partial charge in [0.2, 0.25) is 0 Å². The molecule has 5 nitrogen and oxygen atoms in total. The van der Waals surface area contributed by atoms with Gasteiger partial charge in [0.05, 0.1) is 0 Å². The lowest BCUT2D eigenvalue weighted by Crippen LogP contribution is -2.25. The molecule has 0 aromatic carbocycles. The number of rotatable bonds is 6. The van der Waals surface area contributed by atoms with E-state index in [0.717, 1.165) is 30.6 Å². The molecular weight excluding hydrogens is 238 g/mol. The third kappa shape index (κ3) is 5.03. The van der Waals surface area contributed by atoms with Crippen LogP contribution in [0.25, 0.3) is 0 Å². The van der Waals surface area contributed by atoms with E-state index in [9.17, 15) is 0 Å². The van der Waals surface area contributed by atoms with E-state index in [-0.39, 0.29) is 6.04 Å². The molecule has 4 N–H and O–H groups in total. The summed E-state index contributed by atoms with van der Waals surface area (Å²) >= 11 is 0. The molecule has 1 heterocycles. The molecule has 5 heteroatoms. The van der Waals surface area contributed by atoms with Crippen LogP contribution in [0, 0.1) is 5.92 Å². The molecule has 1 atom stereocenters. The van der Waals surface area contributed by atoms with Crippen LogP contribution in [0.2, 0.25) is 0 Å². The molecule has 0 amide bonds. The molecule has 1 aliphatic carbocycles. The van der Waals surface area contributed by atoms with E-state index < -0.39 is 0 Å². The van der Waals surface area contributed by atoms with Gasteiger partial charge < -0.3 is 16.4 Å². The van der Waals surface area contributed by atoms with E-state index in [1.54, 1.807) is 6.33 Å². The fourth-order valence-electron chi connectivity index (χ4n) is 2.46. The molecular formula is C14H25N5. The first-order valence-corrected chi connectivity index (χ1v) is 7.29. The molecule has 1 fully saturated rings. The molecule has 2 rings (SSSR count). The van der Waals surface area contributed by atoms with Gasteiger partial charge in [0.1, 0.15) is 18.0 Å². The second-order valence-electron chi connectivity index (χ2n) is 5.53. The van der Waals surface area contributed by atoms with Crippen LogP contribution in [0.4, 0.5) is 11.6 Å². The van der Waals surface area contributed by atoms with E-state index in [2.05, 4.69) is 20.6 Å². The first kappa shape index (κ1) is 14.1. The largest absolute Gasteiger partial charge is 0.370 e. The van der Waals surface area contributed by atoms with Crippen molar-refractivity contribution in [1.82, 2.24) is 9.97 Å². The Morgan fingerprint density at radius 2 is 1.89 bits per heavy atom. The van der Waals surface area contributed by atoms with Gasteiger partial charge in [-0.1, -0.05) is 19.3 Å². The number of nitrogens with zero attached hydrogens (tertiary/aromatic N) is 2. The third-order valence-corrected chi connectivity index (χ3v) is 3.57. The van der Waals surface area contributed by atoms with Crippen molar-refractivity contribution in [3.05, 3.63) is 12.4 Å². The molecule has 0 radical (unpaired) electrons. The summed E-state index contributed by atoms with van der Waals surface area (Å²) in [6.45, 7) is 3.71. The SMILES string of the molecule is CC(N)CNc1cc(NCC2CCCCC2)ncn1. The highest BCUT2D eigenvalue weighted by atomic mass is 15.1. The van der Waals surface area contributed by atoms with Gasteiger partial charge in [0, 0.05) is 25.2 Å². The quantitative estimate of drug-likeness (QED) is 0.734. The predicted octanol–water partition coefficient (Wildman–Crippen LogP) is 2.23. The van der Waals surface area contributed by atoms with Gasteiger partial charge in [-0.2, -0.15) is 0 Å². The van der Waals surface area contributed by atoms with Crippen LogP contribution < -0.4 is 16.4 Å². The number of aromatic nitrogens is 2. The van der Waals surface area contributed by atoms with Gasteiger partial charge >= 0.3 is 0 Å². The molecule has 1 saturated carbocycles. The maximum Gasteiger partial charge on any atom is 0.131 e. The van der Waals surface area contributed by atoms with Crippen LogP contribution in [0.1, 0.15) is 39.0 Å². The zero-order valence-corrected chi connectivity index (χ0v) is 11.7. The van der Waals surface area contributed by atoms with E-state index in [1.165, 1.54) is 32.1 Å². The highest BCUT2D eigenvalue weighted by molar-refractivity contribution is 5.46. The highest BCUT2D eigenvalue weighted by Gasteiger charge is 2.13. The Balaban J connectivity index is 1.80. The third-order valence-electron chi connectivity index (χ3n) is 3.57. The summed E-state index contributed by atoms with van der Waals surface area (Å²) in [4.78, 5) is 8.45. The summed E-state index contributed by atoms with van der Waals surface area (Å²) in [6.07, 6.45) is 8.42. The summed E-state index contributed by atoms with van der Waals surface area (Å²) in [6, 6.07) is 2.07. The second kappa shape index (κ2) is 7.28. The van der Waals surface area contributed by atoms with Crippen molar-refractivity contribution in [1.29, 1.82) is 0 Å². The first-order chi connectivity index (χ1) is 9.24. The Bertz CT molecular complexity index is 374. The Morgan fingerprint density at radius 3 is 2.58 bits per heavy atom. The van der Waals surface area contributed by atoms with E-state index >= 15 is 0 Å². The van der Waals surface area contributed by atoms with Crippen LogP contribution in [-0.4, -0.2) is 29.1 Å². The van der Waals surface area contributed by atoms with Crippen molar-refractivity contribution in [3.8, 4) is 0 Å². The summed E-state index contributed by atoms with van der Waals surface area (Å²) in [5.41, 5.74) is 5.71. The Hall–Kier alpha value is -1.36. The molecule has 0 spiro atoms. The second-order valence-corrected chi connectivity index (χ2v) is 5.53. The van der Waals surface area contributed by atoms with Crippen molar-refractivity contribution in [2.45, 2.75) is 45.1 Å². The zero-order chi connectivity index (χ0) is 13.5. The van der Waals surface area contributed by atoms with Crippen LogP contribution in [0.5, 0.6) is 0 Å². The van der Waals surface area contributed by atoms with Gasteiger partial charge in [-0.3, -0.25) is 0 Å². The highest BCUT2D eigenvalue weighted by Crippen LogP contribution is 2.23. The van der Waals surface area contributed by atoms with Gasteiger partial charge in [0.25, 0.3) is 0 Å². The average Bonchev–Trinajstić information content (AvgIpc) is 2.44. The van der Waals surface area contributed by atoms with Crippen molar-refractivity contribution in [2.24, 2.45) is 11.7 Å². The lowest BCUT2D eigenvalue weighted by Gasteiger charge is -2.22. The predicted molar refractivity (Wildman–Crippen MR) is 79.2 cm³/mol. The topological polar surface area (TPSA) is 75.9 Å². The maximum absolute atomic E-state index is 5.71. The number of hydrogen-bond donors (Lipinski definition) is 3. The molecule has 0 aliphatic heterocycles. The molecule has 106 valence electrons. The van der Waals surface area contributed by atoms with E-state index in [0.29, 0.717) is 0 Å². The summed E-state index contributed by atoms with van der Waals surface area (Å²) in [5.74, 6) is 2.52. The number of hydrogen-bond acceptors (Lipinski definition) is 5. The molecule has 1 aromatic heterocycles. The summed E-state index contributed by atoms with van der Waals surface area (Å²) < 4.78 is 0. The van der Waals surface area contributed by atoms with Gasteiger partial charge in [-0.25, -0.2) is 9.97 Å². The number of nitrogens with one attached hydrogen (secondary N) is 2. The first-order valence-electron chi connectivity index (χ1n) is 7.29. The fourth-order valence-corrected chi connectivity index (χ4v) is 2.46. The normalized spacial score (nSPS) is 18.0. The minimum Gasteiger partial charge on any atom is -0.370 e. The Morgan fingerprint density at radius 1 is 1.21 bits per heavy atom. The minimum absolute atomic E-state index is 0.119. The fraction of sp³-hybridized carbons (Fsp3) is 0.714. The van der Waals surface area contributed by atoms with Gasteiger partial charge in [-0.05, 0) is 25.7 Å². The van der Waals surface area contributed by atoms with E-state index in [1.807, 2.05) is 13.0 Å². The van der Waals surface area contributed by atoms with Crippen molar-refractivity contribution < 1.29 is 0 Å². The number of nitrogens with two attached hydrogens (primary N) is 1. The smallest absolute Gasteiger partial charge is 0.131 e. The van der Waals surface area contributed by atoms with Crippen molar-refractivity contribution in [3.63, 3.8) is 0 Å². The molecule has 1 aliphatic rings. The van der Waals surface area contributed by atoms with Gasteiger partial charge in [-0.15, -0.1) is 0 Å². The average molecular weight is 263 g/mol. The summed E-state index contributed by atoms with van der Waals surface area (Å²) in [7, 11) is 0. The van der Waals surface area contributed by atoms with Crippen LogP contribution in [0.3, 0.4) is 0 Å². The molecule has 1 aromatic rings. The lowest BCUT2D eigenvalue weighted by molar-refractivity contribution is 0.373. The summed E-state index contributed by atoms with van der Waals surface area (Å²) in [5, 5.41) is 6.63.